The quantitative estimate of drug-likeness (QED) is 0.209. The van der Waals surface area contributed by atoms with Gasteiger partial charge in [0.15, 0.2) is 0 Å². The average molecular weight is 799 g/mol. The van der Waals surface area contributed by atoms with Gasteiger partial charge in [-0.2, -0.15) is 0 Å². The number of benzene rings is 4. The van der Waals surface area contributed by atoms with Crippen molar-refractivity contribution in [2.75, 3.05) is 14.2 Å². The Balaban J connectivity index is 0.00000224. The third kappa shape index (κ3) is 6.12. The fourth-order valence-electron chi connectivity index (χ4n) is 10.5. The topological polar surface area (TPSA) is 18.5 Å². The molecule has 2 fully saturated rings. The van der Waals surface area contributed by atoms with Gasteiger partial charge in [-0.05, 0) is 0 Å². The minimum absolute atomic E-state index is 0. The van der Waals surface area contributed by atoms with Gasteiger partial charge in [-0.15, -0.1) is 0 Å². The number of hydrogen-bond acceptors (Lipinski definition) is 2. The van der Waals surface area contributed by atoms with Crippen LogP contribution in [-0.2, 0) is 20.3 Å². The maximum Gasteiger partial charge on any atom is -1.00 e. The molecule has 0 spiro atoms. The van der Waals surface area contributed by atoms with Crippen molar-refractivity contribution in [1.29, 1.82) is 0 Å². The minimum Gasteiger partial charge on any atom is -1.00 e. The number of allylic oxidation sites excluding steroid dienone is 2. The van der Waals surface area contributed by atoms with Crippen LogP contribution < -0.4 is 34.3 Å². The van der Waals surface area contributed by atoms with Crippen molar-refractivity contribution in [2.45, 2.75) is 81.7 Å². The van der Waals surface area contributed by atoms with Crippen molar-refractivity contribution >= 4 is 12.2 Å². The third-order valence-corrected chi connectivity index (χ3v) is 29.3. The molecule has 4 aromatic carbocycles. The van der Waals surface area contributed by atoms with E-state index in [9.17, 15) is 0 Å². The van der Waals surface area contributed by atoms with E-state index in [-0.39, 0.29) is 35.6 Å². The number of ether oxygens (including phenoxy) is 2. The summed E-state index contributed by atoms with van der Waals surface area (Å²) in [5.41, 5.74) is 15.1. The van der Waals surface area contributed by atoms with Gasteiger partial charge in [-0.3, -0.25) is 0 Å². The molecule has 4 unspecified atom stereocenters. The van der Waals surface area contributed by atoms with Crippen molar-refractivity contribution < 1.29 is 54.6 Å². The molecule has 5 heteroatoms. The molecule has 4 aromatic rings. The van der Waals surface area contributed by atoms with Gasteiger partial charge < -0.3 is 24.8 Å². The molecule has 2 nitrogen and oxygen atoms in total. The van der Waals surface area contributed by atoms with E-state index in [0.717, 1.165) is 18.8 Å². The molecule has 4 atom stereocenters. The van der Waals surface area contributed by atoms with Gasteiger partial charge in [-0.1, -0.05) is 0 Å². The Hall–Kier alpha value is -2.58. The molecule has 266 valence electrons. The molecule has 0 aromatic heterocycles. The molecular weight excluding hydrogens is 747 g/mol. The van der Waals surface area contributed by atoms with Crippen LogP contribution in [0.15, 0.2) is 96.1 Å². The summed E-state index contributed by atoms with van der Waals surface area (Å²) in [6.07, 6.45) is 11.0. The fraction of sp³-hybridized carbons (Fsp3) is 0.391. The number of fused-ring (bicyclic) bond motifs is 3. The van der Waals surface area contributed by atoms with E-state index in [2.05, 4.69) is 139 Å². The van der Waals surface area contributed by atoms with Crippen LogP contribution >= 0.6 is 0 Å². The predicted molar refractivity (Wildman–Crippen MR) is 203 cm³/mol. The maximum atomic E-state index is 5.54. The van der Waals surface area contributed by atoms with Crippen LogP contribution in [0.5, 0.6) is 11.5 Å². The van der Waals surface area contributed by atoms with Gasteiger partial charge in [0.2, 0.25) is 0 Å². The first-order chi connectivity index (χ1) is 23.5. The van der Waals surface area contributed by atoms with Crippen molar-refractivity contribution in [1.82, 2.24) is 0 Å². The Labute approximate surface area is 323 Å². The monoisotopic (exact) mass is 796 g/mol. The fourth-order valence-corrected chi connectivity index (χ4v) is 34.5. The molecule has 0 amide bonds. The van der Waals surface area contributed by atoms with E-state index in [4.69, 9.17) is 9.47 Å². The van der Waals surface area contributed by atoms with Crippen LogP contribution in [-0.4, -0.2) is 14.2 Å². The van der Waals surface area contributed by atoms with E-state index < -0.39 is 20.3 Å². The van der Waals surface area contributed by atoms with E-state index in [1.807, 2.05) is 0 Å². The molecule has 8 rings (SSSR count). The van der Waals surface area contributed by atoms with Crippen LogP contribution in [0.2, 0.25) is 7.25 Å². The van der Waals surface area contributed by atoms with E-state index in [0.29, 0.717) is 7.25 Å². The number of methoxy groups -OCH3 is 2. The molecule has 51 heavy (non-hydrogen) atoms. The summed E-state index contributed by atoms with van der Waals surface area (Å²) in [4.78, 5) is 0. The molecule has 0 bridgehead atoms. The summed E-state index contributed by atoms with van der Waals surface area (Å²) < 4.78 is 14.1. The molecule has 3 aliphatic carbocycles. The predicted octanol–water partition coefficient (Wildman–Crippen LogP) is 7.03. The second kappa shape index (κ2) is 14.0. The van der Waals surface area contributed by atoms with Crippen LogP contribution in [0, 0.1) is 10.8 Å². The van der Waals surface area contributed by atoms with Crippen molar-refractivity contribution in [3.8, 4) is 33.8 Å². The summed E-state index contributed by atoms with van der Waals surface area (Å²) in [7, 11) is 3.50. The molecule has 4 aliphatic rings. The Kier molecular flexibility index (Phi) is 10.5. The smallest absolute Gasteiger partial charge is 1.00 e. The largest absolute Gasteiger partial charge is 1.00 e. The first-order valence-electron chi connectivity index (χ1n) is 18.5. The summed E-state index contributed by atoms with van der Waals surface area (Å²) >= 11 is -3.23. The van der Waals surface area contributed by atoms with Crippen molar-refractivity contribution in [2.24, 2.45) is 10.8 Å². The normalized spacial score (nSPS) is 23.3. The molecule has 0 N–H and O–H groups in total. The van der Waals surface area contributed by atoms with Gasteiger partial charge in [0, 0.05) is 0 Å². The van der Waals surface area contributed by atoms with E-state index >= 15 is 0 Å². The van der Waals surface area contributed by atoms with Gasteiger partial charge in [0.25, 0.3) is 0 Å². The van der Waals surface area contributed by atoms with Crippen LogP contribution in [0.1, 0.15) is 96.7 Å². The minimum atomic E-state index is -3.23. The Morgan fingerprint density at radius 1 is 0.529 bits per heavy atom. The van der Waals surface area contributed by atoms with Crippen LogP contribution in [0.4, 0.5) is 0 Å². The Bertz CT molecular complexity index is 1830. The summed E-state index contributed by atoms with van der Waals surface area (Å²) in [6, 6.07) is 31.9. The molecule has 1 aliphatic heterocycles. The molecular formula is C46H52Cl2O2Zr. The SMILES string of the molecule is COc1ccc(-c2cccc3c2C=C(C(C)(C)C)[CH]3[Zr+2]2([CH]3C(C(C)(C)C)=Cc4c(-c5ccc(OC)cc5)cccc43)[CH]3CCCC[CH]32)cc1.[Cl-].[Cl-]. The Morgan fingerprint density at radius 2 is 0.902 bits per heavy atom. The van der Waals surface area contributed by atoms with Crippen LogP contribution in [0.3, 0.4) is 0 Å². The second-order valence-electron chi connectivity index (χ2n) is 17.1. The zero-order valence-electron chi connectivity index (χ0n) is 31.4. The molecule has 1 saturated carbocycles. The van der Waals surface area contributed by atoms with Crippen LogP contribution in [0.25, 0.3) is 34.4 Å². The maximum absolute atomic E-state index is 5.54. The zero-order valence-corrected chi connectivity index (χ0v) is 35.4. The van der Waals surface area contributed by atoms with Gasteiger partial charge in [0.05, 0.1) is 0 Å². The number of hydrogen-bond donors (Lipinski definition) is 0. The first kappa shape index (κ1) is 38.2. The molecule has 1 heterocycles. The third-order valence-electron chi connectivity index (χ3n) is 12.6. The van der Waals surface area contributed by atoms with Crippen molar-refractivity contribution in [3.05, 3.63) is 118 Å². The Morgan fingerprint density at radius 3 is 1.24 bits per heavy atom. The standard InChI is InChI=1S/2C20H21O.C6H10.2ClH.Zr/c2*1-20(2,3)16-12-15-6-5-7-18(19(15)13-16)14-8-10-17(21-4)11-9-14;1-2-4-6-5-3-1;;;/h2*5-13H,1-4H3;1-2H,3-6H2;2*1H;/q;;;;;+2/p-2. The van der Waals surface area contributed by atoms with Crippen molar-refractivity contribution in [3.63, 3.8) is 0 Å². The first-order valence-corrected chi connectivity index (χ1v) is 24.1. The van der Waals surface area contributed by atoms with E-state index in [1.165, 1.54) is 59.1 Å². The summed E-state index contributed by atoms with van der Waals surface area (Å²) in [5, 5.41) is 0. The van der Waals surface area contributed by atoms with Gasteiger partial charge in [0.1, 0.15) is 0 Å². The second-order valence-corrected chi connectivity index (χ2v) is 28.5. The average Bonchev–Trinajstić information content (AvgIpc) is 3.36. The van der Waals surface area contributed by atoms with Gasteiger partial charge >= 0.3 is 301 Å². The summed E-state index contributed by atoms with van der Waals surface area (Å²) in [5.74, 6) is 1.82. The zero-order chi connectivity index (χ0) is 34.3. The molecule has 1 saturated heterocycles. The number of halogens is 2. The molecule has 0 radical (unpaired) electrons. The van der Waals surface area contributed by atoms with Gasteiger partial charge in [-0.25, -0.2) is 0 Å². The van der Waals surface area contributed by atoms with E-state index in [1.54, 1.807) is 36.5 Å². The number of rotatable bonds is 6. The summed E-state index contributed by atoms with van der Waals surface area (Å²) in [6.45, 7) is 14.9.